The molecular formula is C14H13ClN4. The van der Waals surface area contributed by atoms with E-state index in [0.717, 1.165) is 16.9 Å². The molecule has 2 heterocycles. The fourth-order valence-corrected chi connectivity index (χ4v) is 2.29. The van der Waals surface area contributed by atoms with Crippen LogP contribution in [0.4, 0.5) is 5.82 Å². The van der Waals surface area contributed by atoms with Crippen molar-refractivity contribution in [3.8, 4) is 0 Å². The first-order chi connectivity index (χ1) is 9.38. The second-order valence-corrected chi connectivity index (χ2v) is 4.51. The quantitative estimate of drug-likeness (QED) is 0.742. The van der Waals surface area contributed by atoms with E-state index in [2.05, 4.69) is 27.5 Å². The lowest BCUT2D eigenvalue weighted by Crippen LogP contribution is -2.14. The summed E-state index contributed by atoms with van der Waals surface area (Å²) in [6.45, 7) is 0. The van der Waals surface area contributed by atoms with E-state index in [0.29, 0.717) is 5.88 Å². The molecule has 96 valence electrons. The van der Waals surface area contributed by atoms with Crippen molar-refractivity contribution in [2.75, 3.05) is 11.2 Å². The average molecular weight is 273 g/mol. The van der Waals surface area contributed by atoms with Crippen LogP contribution < -0.4 is 5.32 Å². The van der Waals surface area contributed by atoms with Gasteiger partial charge in [-0.1, -0.05) is 30.3 Å². The van der Waals surface area contributed by atoms with Crippen molar-refractivity contribution >= 4 is 22.9 Å². The van der Waals surface area contributed by atoms with Gasteiger partial charge in [0, 0.05) is 18.3 Å². The summed E-state index contributed by atoms with van der Waals surface area (Å²) in [6.07, 6.45) is 5.29. The molecule has 1 unspecified atom stereocenters. The predicted molar refractivity (Wildman–Crippen MR) is 76.5 cm³/mol. The lowest BCUT2D eigenvalue weighted by atomic mass is 10.1. The van der Waals surface area contributed by atoms with E-state index in [4.69, 9.17) is 11.6 Å². The van der Waals surface area contributed by atoms with Gasteiger partial charge in [-0.05, 0) is 11.6 Å². The zero-order valence-electron chi connectivity index (χ0n) is 10.2. The Hall–Kier alpha value is -2.07. The molecule has 1 aromatic carbocycles. The number of nitrogens with zero attached hydrogens (tertiary/aromatic N) is 3. The lowest BCUT2D eigenvalue weighted by Gasteiger charge is -2.17. The third-order valence-electron chi connectivity index (χ3n) is 2.99. The molecule has 0 aliphatic rings. The molecule has 0 amide bonds. The highest BCUT2D eigenvalue weighted by Gasteiger charge is 2.12. The molecule has 0 bridgehead atoms. The molecule has 0 aliphatic heterocycles. The van der Waals surface area contributed by atoms with Gasteiger partial charge in [-0.25, -0.2) is 9.50 Å². The maximum atomic E-state index is 6.06. The molecule has 3 aromatic rings. The molecule has 0 radical (unpaired) electrons. The van der Waals surface area contributed by atoms with Crippen LogP contribution >= 0.6 is 11.6 Å². The molecule has 19 heavy (non-hydrogen) atoms. The molecule has 4 nitrogen and oxygen atoms in total. The number of halogens is 1. The zero-order chi connectivity index (χ0) is 13.1. The number of aromatic nitrogens is 3. The highest BCUT2D eigenvalue weighted by atomic mass is 35.5. The number of anilines is 1. The largest absolute Gasteiger partial charge is 0.360 e. The van der Waals surface area contributed by atoms with Crippen LogP contribution in [0.15, 0.2) is 55.0 Å². The molecule has 1 N–H and O–H groups in total. The maximum Gasteiger partial charge on any atom is 0.152 e. The first kappa shape index (κ1) is 12.0. The predicted octanol–water partition coefficient (Wildman–Crippen LogP) is 3.12. The number of nitrogens with one attached hydrogen (secondary N) is 1. The van der Waals surface area contributed by atoms with Crippen LogP contribution in [-0.4, -0.2) is 20.5 Å². The molecule has 5 heteroatoms. The van der Waals surface area contributed by atoms with Crippen LogP contribution in [0.2, 0.25) is 0 Å². The minimum atomic E-state index is 0.0245. The van der Waals surface area contributed by atoms with E-state index in [1.54, 1.807) is 16.9 Å². The van der Waals surface area contributed by atoms with Gasteiger partial charge in [0.15, 0.2) is 5.82 Å². The molecule has 0 saturated heterocycles. The summed E-state index contributed by atoms with van der Waals surface area (Å²) >= 11 is 6.06. The monoisotopic (exact) mass is 272 g/mol. The van der Waals surface area contributed by atoms with E-state index < -0.39 is 0 Å². The zero-order valence-corrected chi connectivity index (χ0v) is 11.0. The SMILES string of the molecule is ClCC(Nc1nccn2nccc12)c1ccccc1. The third-order valence-corrected chi connectivity index (χ3v) is 3.30. The fraction of sp³-hybridized carbons (Fsp3) is 0.143. The number of alkyl halides is 1. The molecule has 0 saturated carbocycles. The van der Waals surface area contributed by atoms with Crippen molar-refractivity contribution in [1.29, 1.82) is 0 Å². The molecule has 2 aromatic heterocycles. The van der Waals surface area contributed by atoms with Crippen LogP contribution in [0, 0.1) is 0 Å². The Labute approximate surface area is 116 Å². The van der Waals surface area contributed by atoms with Crippen molar-refractivity contribution < 1.29 is 0 Å². The van der Waals surface area contributed by atoms with Gasteiger partial charge in [-0.15, -0.1) is 11.6 Å². The molecular weight excluding hydrogens is 260 g/mol. The highest BCUT2D eigenvalue weighted by Crippen LogP contribution is 2.22. The van der Waals surface area contributed by atoms with Gasteiger partial charge in [0.2, 0.25) is 0 Å². The molecule has 3 rings (SSSR count). The summed E-state index contributed by atoms with van der Waals surface area (Å²) in [5.74, 6) is 1.26. The van der Waals surface area contributed by atoms with Gasteiger partial charge in [-0.3, -0.25) is 0 Å². The Bertz CT molecular complexity index is 665. The van der Waals surface area contributed by atoms with Crippen molar-refractivity contribution in [2.24, 2.45) is 0 Å². The highest BCUT2D eigenvalue weighted by molar-refractivity contribution is 6.18. The normalized spacial score (nSPS) is 12.5. The van der Waals surface area contributed by atoms with Crippen LogP contribution in [0.3, 0.4) is 0 Å². The molecule has 0 aliphatic carbocycles. The minimum absolute atomic E-state index is 0.0245. The summed E-state index contributed by atoms with van der Waals surface area (Å²) in [5.41, 5.74) is 2.08. The Morgan fingerprint density at radius 1 is 1.16 bits per heavy atom. The summed E-state index contributed by atoms with van der Waals surface area (Å²) in [7, 11) is 0. The summed E-state index contributed by atoms with van der Waals surface area (Å²) in [5, 5.41) is 7.56. The first-order valence-electron chi connectivity index (χ1n) is 6.04. The topological polar surface area (TPSA) is 42.2 Å². The van der Waals surface area contributed by atoms with Crippen molar-refractivity contribution in [3.63, 3.8) is 0 Å². The van der Waals surface area contributed by atoms with Gasteiger partial charge in [0.25, 0.3) is 0 Å². The standard InChI is InChI=1S/C14H13ClN4/c15-10-12(11-4-2-1-3-5-11)18-14-13-6-7-17-19(13)9-8-16-14/h1-9,12H,10H2,(H,16,18). The van der Waals surface area contributed by atoms with Gasteiger partial charge >= 0.3 is 0 Å². The van der Waals surface area contributed by atoms with Crippen LogP contribution in [0.5, 0.6) is 0 Å². The van der Waals surface area contributed by atoms with Crippen LogP contribution in [-0.2, 0) is 0 Å². The summed E-state index contributed by atoms with van der Waals surface area (Å²) in [6, 6.07) is 12.0. The maximum absolute atomic E-state index is 6.06. The van der Waals surface area contributed by atoms with E-state index in [-0.39, 0.29) is 6.04 Å². The fourth-order valence-electron chi connectivity index (χ4n) is 2.03. The lowest BCUT2D eigenvalue weighted by molar-refractivity contribution is 0.873. The van der Waals surface area contributed by atoms with E-state index in [1.807, 2.05) is 30.5 Å². The Morgan fingerprint density at radius 2 is 2.00 bits per heavy atom. The van der Waals surface area contributed by atoms with Crippen molar-refractivity contribution in [1.82, 2.24) is 14.6 Å². The van der Waals surface area contributed by atoms with Gasteiger partial charge in [0.05, 0.1) is 12.2 Å². The Balaban J connectivity index is 1.93. The van der Waals surface area contributed by atoms with Crippen molar-refractivity contribution in [3.05, 3.63) is 60.6 Å². The number of hydrogen-bond acceptors (Lipinski definition) is 3. The summed E-state index contributed by atoms with van der Waals surface area (Å²) < 4.78 is 1.78. The minimum Gasteiger partial charge on any atom is -0.360 e. The first-order valence-corrected chi connectivity index (χ1v) is 6.58. The Morgan fingerprint density at radius 3 is 2.79 bits per heavy atom. The van der Waals surface area contributed by atoms with E-state index >= 15 is 0 Å². The molecule has 0 fully saturated rings. The van der Waals surface area contributed by atoms with E-state index in [1.165, 1.54) is 0 Å². The van der Waals surface area contributed by atoms with E-state index in [9.17, 15) is 0 Å². The summed E-state index contributed by atoms with van der Waals surface area (Å²) in [4.78, 5) is 4.36. The average Bonchev–Trinajstić information content (AvgIpc) is 2.95. The van der Waals surface area contributed by atoms with Crippen LogP contribution in [0.25, 0.3) is 5.52 Å². The van der Waals surface area contributed by atoms with Gasteiger partial charge in [-0.2, -0.15) is 5.10 Å². The molecule has 1 atom stereocenters. The number of benzene rings is 1. The third kappa shape index (κ3) is 2.39. The smallest absolute Gasteiger partial charge is 0.152 e. The van der Waals surface area contributed by atoms with Gasteiger partial charge in [0.1, 0.15) is 5.52 Å². The van der Waals surface area contributed by atoms with Gasteiger partial charge < -0.3 is 5.32 Å². The molecule has 0 spiro atoms. The van der Waals surface area contributed by atoms with Crippen LogP contribution in [0.1, 0.15) is 11.6 Å². The van der Waals surface area contributed by atoms with Crippen molar-refractivity contribution in [2.45, 2.75) is 6.04 Å². The second kappa shape index (κ2) is 5.28. The number of rotatable bonds is 4. The number of fused-ring (bicyclic) bond motifs is 1. The second-order valence-electron chi connectivity index (χ2n) is 4.20. The Kier molecular flexibility index (Phi) is 3.33. The number of hydrogen-bond donors (Lipinski definition) is 1.